The van der Waals surface area contributed by atoms with Crippen molar-refractivity contribution in [3.63, 3.8) is 0 Å². The second-order valence-electron chi connectivity index (χ2n) is 4.75. The second kappa shape index (κ2) is 6.72. The first-order chi connectivity index (χ1) is 9.99. The van der Waals surface area contributed by atoms with Gasteiger partial charge >= 0.3 is 0 Å². The highest BCUT2D eigenvalue weighted by Crippen LogP contribution is 2.22. The number of carbonyl (C=O) groups is 1. The van der Waals surface area contributed by atoms with Crippen molar-refractivity contribution in [2.24, 2.45) is 0 Å². The zero-order chi connectivity index (χ0) is 15.4. The minimum absolute atomic E-state index is 0.269. The number of thiol groups is 1. The number of amides is 1. The maximum Gasteiger partial charge on any atom is 0.237 e. The summed E-state index contributed by atoms with van der Waals surface area (Å²) in [7, 11) is 0. The Labute approximate surface area is 127 Å². The number of nitrogens with one attached hydrogen (secondary N) is 1. The van der Waals surface area contributed by atoms with E-state index < -0.39 is 28.5 Å². The highest BCUT2D eigenvalue weighted by Gasteiger charge is 2.19. The molecule has 1 N–H and O–H groups in total. The van der Waals surface area contributed by atoms with Crippen LogP contribution in [0, 0.1) is 18.6 Å². The molecule has 110 valence electrons. The molecular formula is C16H15F2NOS. The molecule has 5 heteroatoms. The number of halogens is 2. The van der Waals surface area contributed by atoms with Crippen molar-refractivity contribution in [1.29, 1.82) is 0 Å². The molecule has 1 amide bonds. The summed E-state index contributed by atoms with van der Waals surface area (Å²) in [6, 6.07) is 11.8. The lowest BCUT2D eigenvalue weighted by Gasteiger charge is -2.13. The van der Waals surface area contributed by atoms with Crippen LogP contribution in [0.2, 0.25) is 0 Å². The van der Waals surface area contributed by atoms with Gasteiger partial charge in [-0.15, -0.1) is 0 Å². The van der Waals surface area contributed by atoms with E-state index in [1.807, 2.05) is 30.3 Å². The molecule has 0 aromatic heterocycles. The van der Waals surface area contributed by atoms with E-state index in [4.69, 9.17) is 0 Å². The van der Waals surface area contributed by atoms with Crippen LogP contribution in [0.15, 0.2) is 42.5 Å². The largest absolute Gasteiger partial charge is 0.320 e. The minimum atomic E-state index is -0.799. The summed E-state index contributed by atoms with van der Waals surface area (Å²) in [6.45, 7) is 1.51. The Morgan fingerprint density at radius 3 is 2.52 bits per heavy atom. The molecule has 0 aliphatic carbocycles. The van der Waals surface area contributed by atoms with Gasteiger partial charge < -0.3 is 5.32 Å². The van der Waals surface area contributed by atoms with Gasteiger partial charge in [0, 0.05) is 0 Å². The van der Waals surface area contributed by atoms with E-state index in [1.165, 1.54) is 13.0 Å². The Kier molecular flexibility index (Phi) is 4.96. The van der Waals surface area contributed by atoms with Crippen LogP contribution < -0.4 is 5.32 Å². The fourth-order valence-electron chi connectivity index (χ4n) is 1.91. The summed E-state index contributed by atoms with van der Waals surface area (Å²) in [4.78, 5) is 12.0. The van der Waals surface area contributed by atoms with Gasteiger partial charge in [-0.25, -0.2) is 8.78 Å². The Bertz CT molecular complexity index is 646. The van der Waals surface area contributed by atoms with Crippen molar-refractivity contribution in [1.82, 2.24) is 0 Å². The van der Waals surface area contributed by atoms with Crippen LogP contribution >= 0.6 is 12.6 Å². The molecule has 21 heavy (non-hydrogen) atoms. The number of carbonyl (C=O) groups excluding carboxylic acids is 1. The van der Waals surface area contributed by atoms with Crippen LogP contribution in [0.3, 0.4) is 0 Å². The molecular weight excluding hydrogens is 292 g/mol. The summed E-state index contributed by atoms with van der Waals surface area (Å²) >= 11 is 4.20. The Balaban J connectivity index is 2.10. The third-order valence-corrected chi connectivity index (χ3v) is 3.52. The van der Waals surface area contributed by atoms with E-state index in [-0.39, 0.29) is 5.56 Å². The zero-order valence-corrected chi connectivity index (χ0v) is 12.3. The first-order valence-electron chi connectivity index (χ1n) is 6.46. The van der Waals surface area contributed by atoms with Crippen molar-refractivity contribution in [2.75, 3.05) is 5.32 Å². The molecule has 2 nitrogen and oxygen atoms in total. The third kappa shape index (κ3) is 3.82. The van der Waals surface area contributed by atoms with Crippen LogP contribution in [0.5, 0.6) is 0 Å². The van der Waals surface area contributed by atoms with E-state index in [0.717, 1.165) is 11.6 Å². The summed E-state index contributed by atoms with van der Waals surface area (Å²) in [5, 5.41) is 1.59. The lowest BCUT2D eigenvalue weighted by atomic mass is 10.1. The number of anilines is 1. The van der Waals surface area contributed by atoms with E-state index in [2.05, 4.69) is 17.9 Å². The normalized spacial score (nSPS) is 12.0. The van der Waals surface area contributed by atoms with Gasteiger partial charge in [0.05, 0.1) is 5.25 Å². The summed E-state index contributed by atoms with van der Waals surface area (Å²) in [5.74, 6) is -2.10. The number of hydrogen-bond acceptors (Lipinski definition) is 2. The molecule has 1 unspecified atom stereocenters. The molecule has 0 aliphatic rings. The van der Waals surface area contributed by atoms with Crippen LogP contribution in [0.25, 0.3) is 0 Å². The third-order valence-electron chi connectivity index (χ3n) is 3.11. The zero-order valence-electron chi connectivity index (χ0n) is 11.4. The van der Waals surface area contributed by atoms with Crippen molar-refractivity contribution < 1.29 is 13.6 Å². The maximum atomic E-state index is 13.8. The lowest BCUT2D eigenvalue weighted by Crippen LogP contribution is -2.26. The standard InChI is InChI=1S/C16H15F2NOS/c1-10-7-8-12(17)15(14(10)18)19-16(20)13(21)9-11-5-3-2-4-6-11/h2-8,13,21H,9H2,1H3,(H,19,20). The van der Waals surface area contributed by atoms with Gasteiger partial charge in [-0.1, -0.05) is 36.4 Å². The van der Waals surface area contributed by atoms with E-state index in [1.54, 1.807) is 0 Å². The van der Waals surface area contributed by atoms with Crippen LogP contribution in [-0.4, -0.2) is 11.2 Å². The van der Waals surface area contributed by atoms with Gasteiger partial charge in [0.2, 0.25) is 5.91 Å². The van der Waals surface area contributed by atoms with Crippen molar-refractivity contribution in [3.05, 3.63) is 65.2 Å². The predicted octanol–water partition coefficient (Wildman–Crippen LogP) is 3.75. The second-order valence-corrected chi connectivity index (χ2v) is 5.37. The van der Waals surface area contributed by atoms with Crippen molar-refractivity contribution in [2.45, 2.75) is 18.6 Å². The predicted molar refractivity (Wildman–Crippen MR) is 82.6 cm³/mol. The van der Waals surface area contributed by atoms with E-state index in [9.17, 15) is 13.6 Å². The summed E-state index contributed by atoms with van der Waals surface area (Å²) in [6.07, 6.45) is 0.380. The van der Waals surface area contributed by atoms with Gasteiger partial charge in [0.25, 0.3) is 0 Å². The highest BCUT2D eigenvalue weighted by atomic mass is 32.1. The SMILES string of the molecule is Cc1ccc(F)c(NC(=O)C(S)Cc2ccccc2)c1F. The Morgan fingerprint density at radius 2 is 1.86 bits per heavy atom. The monoisotopic (exact) mass is 307 g/mol. The number of benzene rings is 2. The quantitative estimate of drug-likeness (QED) is 0.828. The number of rotatable bonds is 4. The van der Waals surface area contributed by atoms with Gasteiger partial charge in [-0.05, 0) is 30.5 Å². The molecule has 0 bridgehead atoms. The van der Waals surface area contributed by atoms with Gasteiger partial charge in [-0.2, -0.15) is 12.6 Å². The van der Waals surface area contributed by atoms with E-state index in [0.29, 0.717) is 6.42 Å². The molecule has 2 rings (SSSR count). The summed E-state index contributed by atoms with van der Waals surface area (Å²) < 4.78 is 27.4. The molecule has 2 aromatic rings. The first-order valence-corrected chi connectivity index (χ1v) is 6.98. The fraction of sp³-hybridized carbons (Fsp3) is 0.188. The van der Waals surface area contributed by atoms with Gasteiger partial charge in [0.15, 0.2) is 5.82 Å². The van der Waals surface area contributed by atoms with E-state index >= 15 is 0 Å². The fourth-order valence-corrected chi connectivity index (χ4v) is 2.18. The number of hydrogen-bond donors (Lipinski definition) is 2. The maximum absolute atomic E-state index is 13.8. The van der Waals surface area contributed by atoms with Crippen molar-refractivity contribution in [3.8, 4) is 0 Å². The van der Waals surface area contributed by atoms with Gasteiger partial charge in [0.1, 0.15) is 11.5 Å². The average Bonchev–Trinajstić information content (AvgIpc) is 2.48. The molecule has 1 atom stereocenters. The lowest BCUT2D eigenvalue weighted by molar-refractivity contribution is -0.115. The van der Waals surface area contributed by atoms with Crippen molar-refractivity contribution >= 4 is 24.2 Å². The average molecular weight is 307 g/mol. The molecule has 0 fully saturated rings. The van der Waals surface area contributed by atoms with Crippen LogP contribution in [0.1, 0.15) is 11.1 Å². The highest BCUT2D eigenvalue weighted by molar-refractivity contribution is 7.81. The molecule has 0 aliphatic heterocycles. The molecule has 2 aromatic carbocycles. The topological polar surface area (TPSA) is 29.1 Å². The molecule has 0 radical (unpaired) electrons. The van der Waals surface area contributed by atoms with Crippen LogP contribution in [-0.2, 0) is 11.2 Å². The molecule has 0 heterocycles. The molecule has 0 spiro atoms. The first kappa shape index (κ1) is 15.5. The molecule has 0 saturated heterocycles. The summed E-state index contributed by atoms with van der Waals surface area (Å²) in [5.41, 5.74) is 0.774. The minimum Gasteiger partial charge on any atom is -0.320 e. The number of aryl methyl sites for hydroxylation is 1. The van der Waals surface area contributed by atoms with Crippen LogP contribution in [0.4, 0.5) is 14.5 Å². The Morgan fingerprint density at radius 1 is 1.19 bits per heavy atom. The Hall–Kier alpha value is -1.88. The molecule has 0 saturated carbocycles. The smallest absolute Gasteiger partial charge is 0.237 e. The van der Waals surface area contributed by atoms with Gasteiger partial charge in [-0.3, -0.25) is 4.79 Å².